The first-order chi connectivity index (χ1) is 13.7. The van der Waals surface area contributed by atoms with Crippen LogP contribution in [0.25, 0.3) is 10.6 Å². The smallest absolute Gasteiger partial charge is 0.222 e. The van der Waals surface area contributed by atoms with Crippen LogP contribution in [0.4, 0.5) is 0 Å². The van der Waals surface area contributed by atoms with Crippen LogP contribution in [0.2, 0.25) is 0 Å². The minimum atomic E-state index is 0.679. The van der Waals surface area contributed by atoms with Gasteiger partial charge in [-0.05, 0) is 42.7 Å². The highest BCUT2D eigenvalue weighted by atomic mass is 35.5. The van der Waals surface area contributed by atoms with Gasteiger partial charge in [0.15, 0.2) is 0 Å². The molecule has 0 saturated carbocycles. The average Bonchev–Trinajstić information content (AvgIpc) is 2.77. The quantitative estimate of drug-likeness (QED) is 0.415. The number of nitrogens with one attached hydrogen (secondary N) is 1. The van der Waals surface area contributed by atoms with Crippen molar-refractivity contribution in [1.82, 2.24) is 0 Å². The van der Waals surface area contributed by atoms with Crippen LogP contribution in [-0.2, 0) is 0 Å². The van der Waals surface area contributed by atoms with Crippen molar-refractivity contribution in [3.8, 4) is 5.75 Å². The number of hydrogen-bond acceptors (Lipinski definition) is 1. The Morgan fingerprint density at radius 3 is 1.75 bits per heavy atom. The van der Waals surface area contributed by atoms with Crippen LogP contribution < -0.4 is 9.64 Å². The number of benzene rings is 3. The number of quaternary nitrogens is 1. The molecule has 0 radical (unpaired) electrons. The van der Waals surface area contributed by atoms with Crippen molar-refractivity contribution in [2.75, 3.05) is 19.8 Å². The molecule has 0 atom stereocenters. The summed E-state index contributed by atoms with van der Waals surface area (Å²) < 4.78 is 5.95. The van der Waals surface area contributed by atoms with Crippen molar-refractivity contribution in [3.63, 3.8) is 0 Å². The zero-order valence-electron chi connectivity index (χ0n) is 16.5. The molecule has 0 aliphatic rings. The van der Waals surface area contributed by atoms with Crippen LogP contribution in [0.5, 0.6) is 5.75 Å². The predicted molar refractivity (Wildman–Crippen MR) is 119 cm³/mol. The van der Waals surface area contributed by atoms with Gasteiger partial charge >= 0.3 is 0 Å². The molecule has 0 bridgehead atoms. The van der Waals surface area contributed by atoms with Crippen molar-refractivity contribution >= 4 is 22.2 Å². The summed E-state index contributed by atoms with van der Waals surface area (Å²) in [5.41, 5.74) is 4.20. The molecule has 3 heteroatoms. The molecule has 0 aliphatic heterocycles. The van der Waals surface area contributed by atoms with E-state index in [1.54, 1.807) is 0 Å². The molecule has 0 saturated heterocycles. The van der Waals surface area contributed by atoms with Crippen molar-refractivity contribution in [2.24, 2.45) is 0 Å². The van der Waals surface area contributed by atoms with Gasteiger partial charge in [0, 0.05) is 5.57 Å². The van der Waals surface area contributed by atoms with Crippen molar-refractivity contribution in [2.45, 2.75) is 13.8 Å². The maximum Gasteiger partial charge on any atom is 0.222 e. The van der Waals surface area contributed by atoms with Crippen molar-refractivity contribution in [3.05, 3.63) is 102 Å². The van der Waals surface area contributed by atoms with E-state index >= 15 is 0 Å². The van der Waals surface area contributed by atoms with E-state index in [-0.39, 0.29) is 0 Å². The summed E-state index contributed by atoms with van der Waals surface area (Å²) in [7, 11) is 0. The highest BCUT2D eigenvalue weighted by Gasteiger charge is 2.13. The Morgan fingerprint density at radius 1 is 0.714 bits per heavy atom. The molecule has 0 heterocycles. The predicted octanol–water partition coefficient (Wildman–Crippen LogP) is 5.10. The molecule has 1 N–H and O–H groups in total. The molecule has 0 amide bonds. The molecule has 28 heavy (non-hydrogen) atoms. The second-order valence-electron chi connectivity index (χ2n) is 6.69. The highest BCUT2D eigenvalue weighted by molar-refractivity contribution is 6.53. The summed E-state index contributed by atoms with van der Waals surface area (Å²) in [6.07, 6.45) is 0. The second-order valence-corrected chi connectivity index (χ2v) is 7.07. The second kappa shape index (κ2) is 10.1. The molecular weight excluding hydrogens is 366 g/mol. The lowest BCUT2D eigenvalue weighted by atomic mass is 9.95. The van der Waals surface area contributed by atoms with Gasteiger partial charge < -0.3 is 9.64 Å². The van der Waals surface area contributed by atoms with Gasteiger partial charge in [0.25, 0.3) is 0 Å². The van der Waals surface area contributed by atoms with Crippen LogP contribution >= 0.6 is 11.6 Å². The summed E-state index contributed by atoms with van der Waals surface area (Å²) in [4.78, 5) is 1.42. The van der Waals surface area contributed by atoms with E-state index in [4.69, 9.17) is 16.3 Å². The monoisotopic (exact) mass is 392 g/mol. The lowest BCUT2D eigenvalue weighted by Gasteiger charge is -2.16. The fourth-order valence-electron chi connectivity index (χ4n) is 3.11. The molecular formula is C25H27ClNO+. The SMILES string of the molecule is CC[NH+](CC)COc1ccc(/C(=C(/Cl)c2ccccc2)c2ccccc2)cc1. The van der Waals surface area contributed by atoms with Gasteiger partial charge in [0.1, 0.15) is 5.75 Å². The van der Waals surface area contributed by atoms with E-state index in [1.807, 2.05) is 60.7 Å². The first-order valence-electron chi connectivity index (χ1n) is 9.80. The zero-order valence-corrected chi connectivity index (χ0v) is 17.2. The summed E-state index contributed by atoms with van der Waals surface area (Å²) in [6, 6.07) is 28.6. The van der Waals surface area contributed by atoms with Gasteiger partial charge in [-0.1, -0.05) is 84.4 Å². The number of halogens is 1. The average molecular weight is 393 g/mol. The van der Waals surface area contributed by atoms with E-state index < -0.39 is 0 Å². The van der Waals surface area contributed by atoms with Gasteiger partial charge in [0.2, 0.25) is 6.73 Å². The first kappa shape index (κ1) is 20.2. The highest BCUT2D eigenvalue weighted by Crippen LogP contribution is 2.35. The minimum absolute atomic E-state index is 0.679. The topological polar surface area (TPSA) is 13.7 Å². The van der Waals surface area contributed by atoms with Crippen LogP contribution in [0.3, 0.4) is 0 Å². The largest absolute Gasteiger partial charge is 0.445 e. The molecule has 0 fully saturated rings. The van der Waals surface area contributed by atoms with Gasteiger partial charge in [-0.15, -0.1) is 0 Å². The van der Waals surface area contributed by atoms with Crippen LogP contribution in [0, 0.1) is 0 Å². The van der Waals surface area contributed by atoms with Gasteiger partial charge in [-0.3, -0.25) is 0 Å². The van der Waals surface area contributed by atoms with Crippen LogP contribution in [0.15, 0.2) is 84.9 Å². The van der Waals surface area contributed by atoms with E-state index in [0.717, 1.165) is 46.1 Å². The normalized spacial score (nSPS) is 12.0. The fourth-order valence-corrected chi connectivity index (χ4v) is 3.46. The number of rotatable bonds is 8. The van der Waals surface area contributed by atoms with Crippen LogP contribution in [-0.4, -0.2) is 19.8 Å². The summed E-state index contributed by atoms with van der Waals surface area (Å²) in [5, 5.41) is 0.744. The standard InChI is InChI=1S/C25H26ClNO/c1-3-27(4-2)19-28-23-17-15-21(16-18-23)24(20-11-7-5-8-12-20)25(26)22-13-9-6-10-14-22/h5-18H,3-4,19H2,1-2H3/p+1/b25-24+. The Morgan fingerprint density at radius 2 is 1.21 bits per heavy atom. The van der Waals surface area contributed by atoms with E-state index in [1.165, 1.54) is 4.90 Å². The van der Waals surface area contributed by atoms with Crippen molar-refractivity contribution < 1.29 is 9.64 Å². The van der Waals surface area contributed by atoms with E-state index in [0.29, 0.717) is 6.73 Å². The lowest BCUT2D eigenvalue weighted by molar-refractivity contribution is -0.912. The van der Waals surface area contributed by atoms with Gasteiger partial charge in [0.05, 0.1) is 18.1 Å². The molecule has 0 aromatic heterocycles. The molecule has 3 aromatic rings. The number of hydrogen-bond donors (Lipinski definition) is 1. The Labute approximate surface area is 173 Å². The van der Waals surface area contributed by atoms with Gasteiger partial charge in [-0.25, -0.2) is 0 Å². The Balaban J connectivity index is 1.94. The van der Waals surface area contributed by atoms with E-state index in [9.17, 15) is 0 Å². The Bertz CT molecular complexity index is 885. The summed E-state index contributed by atoms with van der Waals surface area (Å²) >= 11 is 6.87. The third kappa shape index (κ3) is 5.03. The lowest BCUT2D eigenvalue weighted by Crippen LogP contribution is -3.12. The third-order valence-electron chi connectivity index (χ3n) is 4.90. The molecule has 3 aromatic carbocycles. The van der Waals surface area contributed by atoms with Crippen molar-refractivity contribution in [1.29, 1.82) is 0 Å². The minimum Gasteiger partial charge on any atom is -0.445 e. The molecule has 144 valence electrons. The van der Waals surface area contributed by atoms with Crippen LogP contribution in [0.1, 0.15) is 30.5 Å². The summed E-state index contributed by atoms with van der Waals surface area (Å²) in [5.74, 6) is 0.881. The third-order valence-corrected chi connectivity index (χ3v) is 5.30. The molecule has 3 rings (SSSR count). The molecule has 2 nitrogen and oxygen atoms in total. The summed E-state index contributed by atoms with van der Waals surface area (Å²) in [6.45, 7) is 7.14. The Hall–Kier alpha value is -2.55. The molecule has 0 spiro atoms. The van der Waals surface area contributed by atoms with E-state index in [2.05, 4.69) is 38.1 Å². The molecule has 0 unspecified atom stereocenters. The zero-order chi connectivity index (χ0) is 19.8. The Kier molecular flexibility index (Phi) is 7.30. The van der Waals surface area contributed by atoms with Gasteiger partial charge in [-0.2, -0.15) is 0 Å². The maximum absolute atomic E-state index is 6.87. The fraction of sp³-hybridized carbons (Fsp3) is 0.200. The number of ether oxygens (including phenoxy) is 1. The maximum atomic E-state index is 6.87. The molecule has 0 aliphatic carbocycles. The first-order valence-corrected chi connectivity index (χ1v) is 10.2.